The third-order valence-corrected chi connectivity index (χ3v) is 4.15. The third-order valence-electron chi connectivity index (χ3n) is 4.15. The maximum absolute atomic E-state index is 10.6. The molecule has 0 aromatic rings. The van der Waals surface area contributed by atoms with Gasteiger partial charge >= 0.3 is 12.1 Å². The third kappa shape index (κ3) is 6.50. The first-order valence-corrected chi connectivity index (χ1v) is 7.70. The fraction of sp³-hybridized carbons (Fsp3) is 0.929. The zero-order valence-electron chi connectivity index (χ0n) is 13.2. The Balaban J connectivity index is 0.000000295. The zero-order chi connectivity index (χ0) is 16.8. The van der Waals surface area contributed by atoms with E-state index >= 15 is 0 Å². The van der Waals surface area contributed by atoms with Crippen molar-refractivity contribution in [1.29, 1.82) is 0 Å². The number of aliphatic carboxylic acids is 1. The molecule has 22 heavy (non-hydrogen) atoms. The molecule has 2 aliphatic rings. The molecule has 0 amide bonds. The first kappa shape index (κ1) is 19.2. The lowest BCUT2D eigenvalue weighted by atomic mass is 10.0. The van der Waals surface area contributed by atoms with Crippen molar-refractivity contribution >= 4 is 5.97 Å². The van der Waals surface area contributed by atoms with Crippen molar-refractivity contribution in [3.63, 3.8) is 0 Å². The molecule has 5 nitrogen and oxygen atoms in total. The van der Waals surface area contributed by atoms with Gasteiger partial charge < -0.3 is 10.4 Å². The first-order chi connectivity index (χ1) is 10.2. The highest BCUT2D eigenvalue weighted by atomic mass is 19.4. The van der Waals surface area contributed by atoms with Gasteiger partial charge in [-0.25, -0.2) is 4.79 Å². The standard InChI is InChI=1S/C12H25N3.C2HF3O2/c1-11(2)14-7-9-15(10-8-14)12-3-5-13-6-4-12;3-2(4,5)1(6)7/h11-13H,3-10H2,1-2H3;(H,6,7). The molecular formula is C14H26F3N3O2. The Hall–Kier alpha value is -0.860. The van der Waals surface area contributed by atoms with E-state index in [-0.39, 0.29) is 0 Å². The van der Waals surface area contributed by atoms with E-state index in [4.69, 9.17) is 9.90 Å². The molecule has 2 saturated heterocycles. The highest BCUT2D eigenvalue weighted by molar-refractivity contribution is 5.73. The van der Waals surface area contributed by atoms with E-state index in [0.717, 1.165) is 12.1 Å². The number of alkyl halides is 3. The van der Waals surface area contributed by atoms with Crippen LogP contribution in [0.2, 0.25) is 0 Å². The lowest BCUT2D eigenvalue weighted by Crippen LogP contribution is -2.54. The predicted molar refractivity (Wildman–Crippen MR) is 77.9 cm³/mol. The van der Waals surface area contributed by atoms with Crippen LogP contribution in [0.15, 0.2) is 0 Å². The van der Waals surface area contributed by atoms with E-state index in [2.05, 4.69) is 29.0 Å². The number of nitrogens with zero attached hydrogens (tertiary/aromatic N) is 2. The number of piperidine rings is 1. The summed E-state index contributed by atoms with van der Waals surface area (Å²) in [5.74, 6) is -2.76. The Morgan fingerprint density at radius 2 is 1.59 bits per heavy atom. The summed E-state index contributed by atoms with van der Waals surface area (Å²) in [7, 11) is 0. The number of hydrogen-bond acceptors (Lipinski definition) is 4. The van der Waals surface area contributed by atoms with Gasteiger partial charge in [-0.05, 0) is 39.8 Å². The van der Waals surface area contributed by atoms with Crippen molar-refractivity contribution in [3.05, 3.63) is 0 Å². The first-order valence-electron chi connectivity index (χ1n) is 7.70. The number of rotatable bonds is 2. The molecule has 2 rings (SSSR count). The molecule has 0 unspecified atom stereocenters. The van der Waals surface area contributed by atoms with Gasteiger partial charge in [-0.3, -0.25) is 9.80 Å². The van der Waals surface area contributed by atoms with Crippen LogP contribution >= 0.6 is 0 Å². The van der Waals surface area contributed by atoms with E-state index in [1.54, 1.807) is 0 Å². The maximum Gasteiger partial charge on any atom is 0.490 e. The Morgan fingerprint density at radius 3 is 1.95 bits per heavy atom. The van der Waals surface area contributed by atoms with Crippen molar-refractivity contribution in [2.75, 3.05) is 39.3 Å². The summed E-state index contributed by atoms with van der Waals surface area (Å²) >= 11 is 0. The molecular weight excluding hydrogens is 299 g/mol. The average Bonchev–Trinajstić information content (AvgIpc) is 2.48. The molecule has 0 radical (unpaired) electrons. The normalized spacial score (nSPS) is 22.3. The number of carboxylic acids is 1. The Morgan fingerprint density at radius 1 is 1.14 bits per heavy atom. The molecule has 130 valence electrons. The topological polar surface area (TPSA) is 55.8 Å². The summed E-state index contributed by atoms with van der Waals surface area (Å²) in [6.07, 6.45) is -2.39. The van der Waals surface area contributed by atoms with Gasteiger partial charge in [0.2, 0.25) is 0 Å². The molecule has 0 atom stereocenters. The average molecular weight is 325 g/mol. The molecule has 2 N–H and O–H groups in total. The van der Waals surface area contributed by atoms with Gasteiger partial charge in [0.05, 0.1) is 0 Å². The Labute approximate surface area is 129 Å². The van der Waals surface area contributed by atoms with Gasteiger partial charge in [0.25, 0.3) is 0 Å². The van der Waals surface area contributed by atoms with Crippen LogP contribution in [0.4, 0.5) is 13.2 Å². The fourth-order valence-corrected chi connectivity index (χ4v) is 2.79. The zero-order valence-corrected chi connectivity index (χ0v) is 13.2. The largest absolute Gasteiger partial charge is 0.490 e. The highest BCUT2D eigenvalue weighted by Gasteiger charge is 2.38. The van der Waals surface area contributed by atoms with Crippen LogP contribution in [0.25, 0.3) is 0 Å². The number of piperazine rings is 1. The predicted octanol–water partition coefficient (Wildman–Crippen LogP) is 1.40. The molecule has 0 aliphatic carbocycles. The molecule has 2 aliphatic heterocycles. The van der Waals surface area contributed by atoms with Crippen molar-refractivity contribution in [1.82, 2.24) is 15.1 Å². The van der Waals surface area contributed by atoms with Gasteiger partial charge in [-0.2, -0.15) is 13.2 Å². The van der Waals surface area contributed by atoms with E-state index in [9.17, 15) is 13.2 Å². The van der Waals surface area contributed by atoms with Gasteiger partial charge in [0, 0.05) is 38.3 Å². The molecule has 2 fully saturated rings. The van der Waals surface area contributed by atoms with Crippen molar-refractivity contribution < 1.29 is 23.1 Å². The number of nitrogens with one attached hydrogen (secondary N) is 1. The molecule has 0 aromatic carbocycles. The second kappa shape index (κ2) is 8.69. The van der Waals surface area contributed by atoms with Crippen LogP contribution in [-0.4, -0.2) is 78.4 Å². The number of carboxylic acid groups (broad SMARTS) is 1. The smallest absolute Gasteiger partial charge is 0.475 e. The van der Waals surface area contributed by atoms with Gasteiger partial charge in [-0.1, -0.05) is 0 Å². The van der Waals surface area contributed by atoms with E-state index in [1.165, 1.54) is 52.1 Å². The molecule has 0 spiro atoms. The fourth-order valence-electron chi connectivity index (χ4n) is 2.79. The van der Waals surface area contributed by atoms with Crippen LogP contribution in [0.5, 0.6) is 0 Å². The van der Waals surface area contributed by atoms with Crippen LogP contribution in [-0.2, 0) is 4.79 Å². The van der Waals surface area contributed by atoms with Gasteiger partial charge in [0.1, 0.15) is 0 Å². The van der Waals surface area contributed by atoms with E-state index in [0.29, 0.717) is 0 Å². The highest BCUT2D eigenvalue weighted by Crippen LogP contribution is 2.15. The molecule has 0 aromatic heterocycles. The summed E-state index contributed by atoms with van der Waals surface area (Å²) < 4.78 is 31.7. The molecule has 0 bridgehead atoms. The summed E-state index contributed by atoms with van der Waals surface area (Å²) in [5.41, 5.74) is 0. The van der Waals surface area contributed by atoms with E-state index in [1.807, 2.05) is 0 Å². The van der Waals surface area contributed by atoms with Crippen LogP contribution in [0.1, 0.15) is 26.7 Å². The van der Waals surface area contributed by atoms with Crippen LogP contribution in [0.3, 0.4) is 0 Å². The molecule has 2 heterocycles. The summed E-state index contributed by atoms with van der Waals surface area (Å²) in [6, 6.07) is 1.58. The van der Waals surface area contributed by atoms with Gasteiger partial charge in [-0.15, -0.1) is 0 Å². The second-order valence-corrected chi connectivity index (χ2v) is 5.95. The van der Waals surface area contributed by atoms with Gasteiger partial charge in [0.15, 0.2) is 0 Å². The van der Waals surface area contributed by atoms with Crippen LogP contribution in [0, 0.1) is 0 Å². The van der Waals surface area contributed by atoms with Crippen molar-refractivity contribution in [2.24, 2.45) is 0 Å². The van der Waals surface area contributed by atoms with Crippen LogP contribution < -0.4 is 5.32 Å². The summed E-state index contributed by atoms with van der Waals surface area (Å²) in [6.45, 7) is 12.1. The minimum atomic E-state index is -5.08. The quantitative estimate of drug-likeness (QED) is 0.804. The summed E-state index contributed by atoms with van der Waals surface area (Å²) in [4.78, 5) is 14.2. The Bertz CT molecular complexity index is 337. The van der Waals surface area contributed by atoms with E-state index < -0.39 is 12.1 Å². The number of hydrogen-bond donors (Lipinski definition) is 2. The van der Waals surface area contributed by atoms with Crippen molar-refractivity contribution in [2.45, 2.75) is 44.9 Å². The second-order valence-electron chi connectivity index (χ2n) is 5.95. The SMILES string of the molecule is CC(C)N1CCN(C2CCNCC2)CC1.O=C(O)C(F)(F)F. The lowest BCUT2D eigenvalue weighted by molar-refractivity contribution is -0.192. The monoisotopic (exact) mass is 325 g/mol. The summed E-state index contributed by atoms with van der Waals surface area (Å²) in [5, 5.41) is 10.6. The minimum absolute atomic E-state index is 0.722. The molecule has 0 saturated carbocycles. The minimum Gasteiger partial charge on any atom is -0.475 e. The Kier molecular flexibility index (Phi) is 7.58. The maximum atomic E-state index is 10.6. The number of halogens is 3. The number of carbonyl (C=O) groups is 1. The van der Waals surface area contributed by atoms with Crippen molar-refractivity contribution in [3.8, 4) is 0 Å². The lowest BCUT2D eigenvalue weighted by Gasteiger charge is -2.42. The molecule has 8 heteroatoms.